The van der Waals surface area contributed by atoms with Crippen molar-refractivity contribution in [2.45, 2.75) is 32.3 Å². The molecule has 140 valence electrons. The fourth-order valence-corrected chi connectivity index (χ4v) is 3.50. The van der Waals surface area contributed by atoms with Crippen LogP contribution in [0, 0.1) is 0 Å². The molecule has 3 aromatic carbocycles. The van der Waals surface area contributed by atoms with Crippen molar-refractivity contribution in [3.63, 3.8) is 0 Å². The molecule has 0 fully saturated rings. The molecular weight excluding hydrogens is 344 g/mol. The lowest BCUT2D eigenvalue weighted by molar-refractivity contribution is 0.0963. The fraction of sp³-hybridized carbons (Fsp3) is 0.192. The number of para-hydroxylation sites is 1. The molecule has 0 amide bonds. The van der Waals surface area contributed by atoms with E-state index in [0.717, 1.165) is 11.1 Å². The van der Waals surface area contributed by atoms with Crippen LogP contribution >= 0.6 is 0 Å². The van der Waals surface area contributed by atoms with Crippen LogP contribution in [0.15, 0.2) is 84.4 Å². The van der Waals surface area contributed by atoms with Crippen LogP contribution in [0.25, 0.3) is 6.08 Å². The number of carbonyl (C=O) groups excluding carboxylic acids is 1. The van der Waals surface area contributed by atoms with E-state index in [9.17, 15) is 4.79 Å². The van der Waals surface area contributed by atoms with Crippen LogP contribution in [0.4, 0.5) is 0 Å². The molecule has 1 aliphatic rings. The Balaban J connectivity index is 1.79. The number of ether oxygens (including phenoxy) is 1. The van der Waals surface area contributed by atoms with Crippen LogP contribution < -0.4 is 4.74 Å². The minimum Gasteiger partial charge on any atom is -0.480 e. The van der Waals surface area contributed by atoms with E-state index in [1.807, 2.05) is 60.7 Å². The fourth-order valence-electron chi connectivity index (χ4n) is 3.50. The van der Waals surface area contributed by atoms with Crippen molar-refractivity contribution in [1.82, 2.24) is 0 Å². The van der Waals surface area contributed by atoms with Gasteiger partial charge in [0, 0.05) is 5.57 Å². The largest absolute Gasteiger partial charge is 0.480 e. The molecule has 1 aliphatic heterocycles. The van der Waals surface area contributed by atoms with Crippen molar-refractivity contribution in [3.05, 3.63) is 107 Å². The third kappa shape index (κ3) is 3.50. The minimum atomic E-state index is -0.411. The summed E-state index contributed by atoms with van der Waals surface area (Å²) in [4.78, 5) is 13.3. The van der Waals surface area contributed by atoms with Crippen molar-refractivity contribution < 1.29 is 9.53 Å². The zero-order valence-electron chi connectivity index (χ0n) is 16.5. The molecule has 0 spiro atoms. The molecule has 0 radical (unpaired) electrons. The summed E-state index contributed by atoms with van der Waals surface area (Å²) in [6, 6.07) is 25.8. The predicted octanol–water partition coefficient (Wildman–Crippen LogP) is 6.38. The average molecular weight is 368 g/mol. The number of fused-ring (bicyclic) bond motifs is 1. The maximum absolute atomic E-state index is 13.3. The van der Waals surface area contributed by atoms with Gasteiger partial charge < -0.3 is 4.74 Å². The van der Waals surface area contributed by atoms with Crippen LogP contribution in [-0.2, 0) is 5.41 Å². The molecule has 0 aromatic heterocycles. The standard InChI is InChI=1S/C26H24O2/c1-26(2,3)20-15-13-18(14-16-20)17-22-24(27)21-11-7-8-12-23(21)28-25(22)19-9-5-4-6-10-19/h4-17,25H,1-3H3/b22-17-/t25-/m0/s1. The Morgan fingerprint density at radius 3 is 2.14 bits per heavy atom. The Labute approximate surface area is 166 Å². The van der Waals surface area contributed by atoms with E-state index >= 15 is 0 Å². The lowest BCUT2D eigenvalue weighted by atomic mass is 9.86. The highest BCUT2D eigenvalue weighted by atomic mass is 16.5. The van der Waals surface area contributed by atoms with Crippen LogP contribution in [0.5, 0.6) is 5.75 Å². The first kappa shape index (κ1) is 18.2. The normalized spacial score (nSPS) is 17.9. The van der Waals surface area contributed by atoms with Gasteiger partial charge in [-0.25, -0.2) is 0 Å². The van der Waals surface area contributed by atoms with Crippen LogP contribution in [0.3, 0.4) is 0 Å². The highest BCUT2D eigenvalue weighted by Gasteiger charge is 2.32. The van der Waals surface area contributed by atoms with Gasteiger partial charge in [-0.05, 0) is 40.3 Å². The minimum absolute atomic E-state index is 0.0237. The lowest BCUT2D eigenvalue weighted by Crippen LogP contribution is -2.23. The SMILES string of the molecule is CC(C)(C)c1ccc(/C=C2/C(=O)c3ccccc3O[C@H]2c2ccccc2)cc1. The molecule has 0 N–H and O–H groups in total. The predicted molar refractivity (Wildman–Crippen MR) is 114 cm³/mol. The van der Waals surface area contributed by atoms with E-state index in [-0.39, 0.29) is 11.2 Å². The maximum atomic E-state index is 13.3. The van der Waals surface area contributed by atoms with E-state index < -0.39 is 6.10 Å². The first-order valence-electron chi connectivity index (χ1n) is 9.61. The summed E-state index contributed by atoms with van der Waals surface area (Å²) in [6.45, 7) is 6.59. The van der Waals surface area contributed by atoms with Crippen molar-refractivity contribution in [1.29, 1.82) is 0 Å². The number of hydrogen-bond donors (Lipinski definition) is 0. The lowest BCUT2D eigenvalue weighted by Gasteiger charge is -2.28. The van der Waals surface area contributed by atoms with Crippen LogP contribution in [-0.4, -0.2) is 5.78 Å². The number of rotatable bonds is 2. The number of ketones is 1. The molecule has 1 heterocycles. The smallest absolute Gasteiger partial charge is 0.196 e. The first-order chi connectivity index (χ1) is 13.4. The molecule has 4 rings (SSSR count). The molecule has 2 nitrogen and oxygen atoms in total. The van der Waals surface area contributed by atoms with Crippen LogP contribution in [0.2, 0.25) is 0 Å². The van der Waals surface area contributed by atoms with Gasteiger partial charge in [-0.2, -0.15) is 0 Å². The molecular formula is C26H24O2. The molecule has 2 heteroatoms. The van der Waals surface area contributed by atoms with Gasteiger partial charge >= 0.3 is 0 Å². The Kier molecular flexibility index (Phi) is 4.64. The Morgan fingerprint density at radius 1 is 0.821 bits per heavy atom. The molecule has 3 aromatic rings. The molecule has 0 unspecified atom stereocenters. The van der Waals surface area contributed by atoms with Gasteiger partial charge in [-0.3, -0.25) is 4.79 Å². The second kappa shape index (κ2) is 7.12. The number of hydrogen-bond acceptors (Lipinski definition) is 2. The summed E-state index contributed by atoms with van der Waals surface area (Å²) >= 11 is 0. The highest BCUT2D eigenvalue weighted by molar-refractivity contribution is 6.14. The molecule has 28 heavy (non-hydrogen) atoms. The average Bonchev–Trinajstić information content (AvgIpc) is 2.70. The Hall–Kier alpha value is -3.13. The second-order valence-electron chi connectivity index (χ2n) is 8.21. The molecule has 0 bridgehead atoms. The van der Waals surface area contributed by atoms with Gasteiger partial charge in [0.05, 0.1) is 5.56 Å². The second-order valence-corrected chi connectivity index (χ2v) is 8.21. The summed E-state index contributed by atoms with van der Waals surface area (Å²) < 4.78 is 6.26. The quantitative estimate of drug-likeness (QED) is 0.490. The van der Waals surface area contributed by atoms with Gasteiger partial charge in [0.2, 0.25) is 0 Å². The van der Waals surface area contributed by atoms with Crippen molar-refractivity contribution >= 4 is 11.9 Å². The first-order valence-corrected chi connectivity index (χ1v) is 9.61. The summed E-state index contributed by atoms with van der Waals surface area (Å²) in [5, 5.41) is 0. The van der Waals surface area contributed by atoms with E-state index in [4.69, 9.17) is 4.74 Å². The monoisotopic (exact) mass is 368 g/mol. The van der Waals surface area contributed by atoms with Gasteiger partial charge in [0.15, 0.2) is 11.9 Å². The summed E-state index contributed by atoms with van der Waals surface area (Å²) in [5.74, 6) is 0.664. The Bertz CT molecular complexity index is 1020. The maximum Gasteiger partial charge on any atom is 0.196 e. The van der Waals surface area contributed by atoms with Gasteiger partial charge in [-0.1, -0.05) is 87.5 Å². The summed E-state index contributed by atoms with van der Waals surface area (Å²) in [5.41, 5.74) is 4.62. The van der Waals surface area contributed by atoms with E-state index in [0.29, 0.717) is 16.9 Å². The highest BCUT2D eigenvalue weighted by Crippen LogP contribution is 2.39. The van der Waals surface area contributed by atoms with Crippen molar-refractivity contribution in [2.24, 2.45) is 0 Å². The number of benzene rings is 3. The van der Waals surface area contributed by atoms with Crippen molar-refractivity contribution in [2.75, 3.05) is 0 Å². The van der Waals surface area contributed by atoms with E-state index in [2.05, 4.69) is 45.0 Å². The summed E-state index contributed by atoms with van der Waals surface area (Å²) in [7, 11) is 0. The van der Waals surface area contributed by atoms with Crippen LogP contribution in [0.1, 0.15) is 53.9 Å². The molecule has 0 saturated carbocycles. The van der Waals surface area contributed by atoms with Gasteiger partial charge in [0.1, 0.15) is 5.75 Å². The van der Waals surface area contributed by atoms with Gasteiger partial charge in [-0.15, -0.1) is 0 Å². The zero-order valence-corrected chi connectivity index (χ0v) is 16.5. The summed E-state index contributed by atoms with van der Waals surface area (Å²) in [6.07, 6.45) is 1.55. The van der Waals surface area contributed by atoms with Gasteiger partial charge in [0.25, 0.3) is 0 Å². The third-order valence-corrected chi connectivity index (χ3v) is 5.12. The van der Waals surface area contributed by atoms with E-state index in [1.165, 1.54) is 5.56 Å². The topological polar surface area (TPSA) is 26.3 Å². The number of carbonyl (C=O) groups is 1. The molecule has 0 saturated heterocycles. The number of Topliss-reactive ketones (excluding diaryl/α,β-unsaturated/α-hetero) is 1. The third-order valence-electron chi connectivity index (χ3n) is 5.12. The zero-order chi connectivity index (χ0) is 19.7. The molecule has 1 atom stereocenters. The van der Waals surface area contributed by atoms with Crippen molar-refractivity contribution in [3.8, 4) is 5.75 Å². The van der Waals surface area contributed by atoms with E-state index in [1.54, 1.807) is 0 Å². The Morgan fingerprint density at radius 2 is 1.46 bits per heavy atom. The molecule has 0 aliphatic carbocycles.